The van der Waals surface area contributed by atoms with Gasteiger partial charge in [0.05, 0.1) is 14.2 Å². The molecule has 12 heteroatoms. The Morgan fingerprint density at radius 1 is 1.07 bits per heavy atom. The Bertz CT molecular complexity index is 1550. The molecule has 2 aromatic carbocycles. The molecule has 1 aliphatic carbocycles. The van der Waals surface area contributed by atoms with Crippen molar-refractivity contribution in [2.75, 3.05) is 20.8 Å². The monoisotopic (exact) mass is 590 g/mol. The van der Waals surface area contributed by atoms with Crippen LogP contribution in [0.3, 0.4) is 0 Å². The second-order valence-electron chi connectivity index (χ2n) is 10.5. The van der Waals surface area contributed by atoms with Gasteiger partial charge in [-0.3, -0.25) is 9.59 Å². The van der Waals surface area contributed by atoms with Crippen molar-refractivity contribution in [2.24, 2.45) is 0 Å². The number of aromatic nitrogens is 4. The van der Waals surface area contributed by atoms with Crippen molar-refractivity contribution >= 4 is 11.8 Å². The van der Waals surface area contributed by atoms with Crippen LogP contribution in [-0.2, 0) is 22.6 Å². The number of halogens is 1. The van der Waals surface area contributed by atoms with Crippen molar-refractivity contribution in [3.05, 3.63) is 77.3 Å². The highest BCUT2D eigenvalue weighted by Crippen LogP contribution is 2.29. The van der Waals surface area contributed by atoms with Crippen LogP contribution in [0.25, 0.3) is 11.6 Å². The van der Waals surface area contributed by atoms with Crippen molar-refractivity contribution in [1.29, 1.82) is 0 Å². The summed E-state index contributed by atoms with van der Waals surface area (Å²) in [6.45, 7) is 1.71. The fourth-order valence-corrected chi connectivity index (χ4v) is 5.33. The smallest absolute Gasteiger partial charge is 0.247 e. The van der Waals surface area contributed by atoms with Gasteiger partial charge in [0.1, 0.15) is 24.2 Å². The van der Waals surface area contributed by atoms with Crippen LogP contribution < -0.4 is 14.8 Å². The number of benzene rings is 2. The van der Waals surface area contributed by atoms with Gasteiger partial charge in [-0.25, -0.2) is 4.39 Å². The fraction of sp³-hybridized carbons (Fsp3) is 0.387. The number of nitrogens with one attached hydrogen (secondary N) is 1. The number of rotatable bonds is 12. The molecule has 1 atom stereocenters. The highest BCUT2D eigenvalue weighted by Gasteiger charge is 2.33. The summed E-state index contributed by atoms with van der Waals surface area (Å²) in [6.07, 6.45) is 4.22. The molecule has 226 valence electrons. The molecule has 1 fully saturated rings. The molecule has 4 aromatic rings. The molecule has 0 aliphatic heterocycles. The molecule has 2 aromatic heterocycles. The second-order valence-corrected chi connectivity index (χ2v) is 10.5. The average Bonchev–Trinajstić information content (AvgIpc) is 3.78. The van der Waals surface area contributed by atoms with E-state index < -0.39 is 17.8 Å². The van der Waals surface area contributed by atoms with Crippen molar-refractivity contribution in [3.8, 4) is 23.1 Å². The number of tetrazole rings is 1. The molecule has 11 nitrogen and oxygen atoms in total. The topological polar surface area (TPSA) is 125 Å². The summed E-state index contributed by atoms with van der Waals surface area (Å²) in [6, 6.07) is 13.7. The maximum Gasteiger partial charge on any atom is 0.247 e. The molecule has 0 bridgehead atoms. The molecule has 2 amide bonds. The van der Waals surface area contributed by atoms with Gasteiger partial charge in [-0.05, 0) is 78.9 Å². The molecule has 1 N–H and O–H groups in total. The number of hydrogen-bond acceptors (Lipinski definition) is 8. The summed E-state index contributed by atoms with van der Waals surface area (Å²) in [5.41, 5.74) is 1.37. The van der Waals surface area contributed by atoms with E-state index in [0.29, 0.717) is 35.0 Å². The van der Waals surface area contributed by atoms with Crippen LogP contribution in [-0.4, -0.2) is 63.7 Å². The van der Waals surface area contributed by atoms with Crippen LogP contribution in [0.2, 0.25) is 0 Å². The van der Waals surface area contributed by atoms with Crippen LogP contribution in [0.4, 0.5) is 4.39 Å². The van der Waals surface area contributed by atoms with E-state index in [1.165, 1.54) is 34.0 Å². The van der Waals surface area contributed by atoms with E-state index in [1.54, 1.807) is 39.3 Å². The number of hydrogen-bond donors (Lipinski definition) is 1. The van der Waals surface area contributed by atoms with Crippen molar-refractivity contribution < 1.29 is 27.9 Å². The standard InChI is InChI=1S/C31H35FN6O5/c1-20-8-14-26(43-20)30-34-36-38(35-30)19-28(39)37(17-16-21-9-15-25(41-2)27(18-21)42-3)29(22-10-12-23(32)13-11-22)31(40)33-24-6-4-5-7-24/h8-15,18,24,29H,4-7,16-17,19H2,1-3H3,(H,33,40)/t29-/m1/s1. The van der Waals surface area contributed by atoms with E-state index in [9.17, 15) is 14.0 Å². The molecule has 5 rings (SSSR count). The Morgan fingerprint density at radius 3 is 2.49 bits per heavy atom. The zero-order valence-corrected chi connectivity index (χ0v) is 24.5. The van der Waals surface area contributed by atoms with Crippen LogP contribution >= 0.6 is 0 Å². The summed E-state index contributed by atoms with van der Waals surface area (Å²) in [5, 5.41) is 15.5. The van der Waals surface area contributed by atoms with Gasteiger partial charge in [-0.1, -0.05) is 31.0 Å². The number of nitrogens with zero attached hydrogens (tertiary/aromatic N) is 5. The predicted octanol–water partition coefficient (Wildman–Crippen LogP) is 4.27. The van der Waals surface area contributed by atoms with Gasteiger partial charge in [0.25, 0.3) is 0 Å². The van der Waals surface area contributed by atoms with E-state index in [1.807, 2.05) is 12.1 Å². The number of methoxy groups -OCH3 is 2. The summed E-state index contributed by atoms with van der Waals surface area (Å²) >= 11 is 0. The zero-order chi connectivity index (χ0) is 30.3. The Balaban J connectivity index is 1.45. The lowest BCUT2D eigenvalue weighted by molar-refractivity contribution is -0.142. The highest BCUT2D eigenvalue weighted by molar-refractivity contribution is 5.89. The quantitative estimate of drug-likeness (QED) is 0.260. The van der Waals surface area contributed by atoms with Gasteiger partial charge >= 0.3 is 0 Å². The highest BCUT2D eigenvalue weighted by atomic mass is 19.1. The number of aryl methyl sites for hydroxylation is 1. The summed E-state index contributed by atoms with van der Waals surface area (Å²) in [7, 11) is 3.11. The minimum atomic E-state index is -1.01. The predicted molar refractivity (Wildman–Crippen MR) is 155 cm³/mol. The van der Waals surface area contributed by atoms with E-state index in [-0.39, 0.29) is 30.9 Å². The van der Waals surface area contributed by atoms with Crippen molar-refractivity contribution in [2.45, 2.75) is 57.7 Å². The number of furan rings is 1. The van der Waals surface area contributed by atoms with Gasteiger partial charge in [-0.2, -0.15) is 4.80 Å². The first-order valence-corrected chi connectivity index (χ1v) is 14.3. The third kappa shape index (κ3) is 7.19. The molecule has 0 saturated heterocycles. The first-order chi connectivity index (χ1) is 20.8. The molecular formula is C31H35FN6O5. The zero-order valence-electron chi connectivity index (χ0n) is 24.5. The van der Waals surface area contributed by atoms with Crippen LogP contribution in [0, 0.1) is 12.7 Å². The molecule has 0 unspecified atom stereocenters. The summed E-state index contributed by atoms with van der Waals surface area (Å²) in [4.78, 5) is 30.5. The van der Waals surface area contributed by atoms with Gasteiger partial charge in [0, 0.05) is 12.6 Å². The molecular weight excluding hydrogens is 555 g/mol. The fourth-order valence-electron chi connectivity index (χ4n) is 5.33. The normalized spacial score (nSPS) is 14.0. The molecule has 0 spiro atoms. The van der Waals surface area contributed by atoms with Crippen molar-refractivity contribution in [1.82, 2.24) is 30.4 Å². The van der Waals surface area contributed by atoms with Crippen LogP contribution in [0.1, 0.15) is 48.6 Å². The Kier molecular flexibility index (Phi) is 9.33. The number of amides is 2. The van der Waals surface area contributed by atoms with Crippen LogP contribution in [0.15, 0.2) is 59.0 Å². The Labute approximate surface area is 249 Å². The second kappa shape index (κ2) is 13.5. The summed E-state index contributed by atoms with van der Waals surface area (Å²) < 4.78 is 30.3. The molecule has 1 saturated carbocycles. The van der Waals surface area contributed by atoms with E-state index in [2.05, 4.69) is 20.7 Å². The van der Waals surface area contributed by atoms with Gasteiger partial charge < -0.3 is 24.1 Å². The molecule has 43 heavy (non-hydrogen) atoms. The van der Waals surface area contributed by atoms with Gasteiger partial charge in [0.2, 0.25) is 17.6 Å². The van der Waals surface area contributed by atoms with E-state index >= 15 is 0 Å². The number of carbonyl (C=O) groups is 2. The lowest BCUT2D eigenvalue weighted by Gasteiger charge is -2.32. The van der Waals surface area contributed by atoms with E-state index in [4.69, 9.17) is 13.9 Å². The molecule has 1 aliphatic rings. The minimum absolute atomic E-state index is 0.0227. The molecule has 0 radical (unpaired) electrons. The minimum Gasteiger partial charge on any atom is -0.493 e. The average molecular weight is 591 g/mol. The molecule has 2 heterocycles. The maximum atomic E-state index is 14.0. The number of carbonyl (C=O) groups excluding carboxylic acids is 2. The first-order valence-electron chi connectivity index (χ1n) is 14.3. The third-order valence-electron chi connectivity index (χ3n) is 7.55. The lowest BCUT2D eigenvalue weighted by atomic mass is 10.0. The van der Waals surface area contributed by atoms with Gasteiger partial charge in [-0.15, -0.1) is 10.2 Å². The largest absolute Gasteiger partial charge is 0.493 e. The van der Waals surface area contributed by atoms with E-state index in [0.717, 1.165) is 31.2 Å². The Hall–Kier alpha value is -4.74. The van der Waals surface area contributed by atoms with Gasteiger partial charge in [0.15, 0.2) is 17.3 Å². The first kappa shape index (κ1) is 29.7. The maximum absolute atomic E-state index is 14.0. The van der Waals surface area contributed by atoms with Crippen LogP contribution in [0.5, 0.6) is 11.5 Å². The Morgan fingerprint density at radius 2 is 1.81 bits per heavy atom. The lowest BCUT2D eigenvalue weighted by Crippen LogP contribution is -2.47. The summed E-state index contributed by atoms with van der Waals surface area (Å²) in [5.74, 6) is 1.34. The SMILES string of the molecule is COc1ccc(CCN(C(=O)Cn2nnc(-c3ccc(C)o3)n2)[C@@H](C(=O)NC2CCCC2)c2ccc(F)cc2)cc1OC. The van der Waals surface area contributed by atoms with Crippen molar-refractivity contribution in [3.63, 3.8) is 0 Å². The number of ether oxygens (including phenoxy) is 2. The third-order valence-corrected chi connectivity index (χ3v) is 7.55.